The minimum atomic E-state index is -4.33. The Morgan fingerprint density at radius 3 is 1.92 bits per heavy atom. The first-order chi connectivity index (χ1) is 12.3. The van der Waals surface area contributed by atoms with Crippen molar-refractivity contribution in [3.05, 3.63) is 22.5 Å². The van der Waals surface area contributed by atoms with E-state index in [0.29, 0.717) is 5.56 Å². The molecule has 1 rings (SSSR count). The highest BCUT2D eigenvalue weighted by atomic mass is 19.4. The number of ketones is 1. The van der Waals surface area contributed by atoms with Crippen LogP contribution in [0, 0.1) is 5.92 Å². The van der Waals surface area contributed by atoms with Crippen LogP contribution in [-0.4, -0.2) is 16.9 Å². The van der Waals surface area contributed by atoms with Crippen LogP contribution in [0.25, 0.3) is 0 Å². The van der Waals surface area contributed by atoms with Gasteiger partial charge in [0.1, 0.15) is 0 Å². The number of rotatable bonds is 12. The smallest absolute Gasteiger partial charge is 0.361 e. The van der Waals surface area contributed by atoms with Crippen molar-refractivity contribution in [1.29, 1.82) is 0 Å². The molecular weight excluding hydrogens is 339 g/mol. The Morgan fingerprint density at radius 2 is 1.42 bits per heavy atom. The van der Waals surface area contributed by atoms with Crippen LogP contribution in [0.5, 0.6) is 0 Å². The van der Waals surface area contributed by atoms with Crippen LogP contribution < -0.4 is 0 Å². The predicted octanol–water partition coefficient (Wildman–Crippen LogP) is 6.81. The molecule has 0 radical (unpaired) electrons. The lowest BCUT2D eigenvalue weighted by Crippen LogP contribution is -2.23. The van der Waals surface area contributed by atoms with E-state index in [1.165, 1.54) is 0 Å². The molecule has 1 aromatic heterocycles. The molecule has 1 N–H and O–H groups in total. The second-order valence-corrected chi connectivity index (χ2v) is 7.32. The number of aromatic amines is 1. The van der Waals surface area contributed by atoms with E-state index in [4.69, 9.17) is 0 Å². The summed E-state index contributed by atoms with van der Waals surface area (Å²) in [5.74, 6) is -1.96. The molecule has 0 bridgehead atoms. The van der Waals surface area contributed by atoms with Gasteiger partial charge in [0.05, 0.1) is 5.92 Å². The molecule has 2 nitrogen and oxygen atoms in total. The number of alkyl halides is 3. The number of carbonyl (C=O) groups is 1. The summed E-state index contributed by atoms with van der Waals surface area (Å²) in [5.41, 5.74) is 3.46. The first kappa shape index (κ1) is 22.8. The first-order valence-corrected chi connectivity index (χ1v) is 10.1. The topological polar surface area (TPSA) is 32.9 Å². The number of halogens is 3. The largest absolute Gasteiger partial charge is 0.391 e. The van der Waals surface area contributed by atoms with Gasteiger partial charge < -0.3 is 4.98 Å². The molecule has 5 heteroatoms. The van der Waals surface area contributed by atoms with Crippen molar-refractivity contribution in [3.63, 3.8) is 0 Å². The third kappa shape index (κ3) is 6.48. The van der Waals surface area contributed by atoms with Crippen LogP contribution in [-0.2, 0) is 19.3 Å². The Hall–Kier alpha value is -1.26. The lowest BCUT2D eigenvalue weighted by Gasteiger charge is -2.15. The van der Waals surface area contributed by atoms with Crippen molar-refractivity contribution < 1.29 is 18.0 Å². The maximum Gasteiger partial charge on any atom is 0.391 e. The fraction of sp³-hybridized carbons (Fsp3) is 0.762. The van der Waals surface area contributed by atoms with Crippen LogP contribution in [0.1, 0.15) is 99.9 Å². The summed E-state index contributed by atoms with van der Waals surface area (Å²) in [7, 11) is 0. The van der Waals surface area contributed by atoms with E-state index in [2.05, 4.69) is 25.8 Å². The Labute approximate surface area is 156 Å². The molecule has 0 aliphatic heterocycles. The summed E-state index contributed by atoms with van der Waals surface area (Å²) < 4.78 is 38.8. The number of aryl methyl sites for hydroxylation is 2. The molecule has 1 aromatic rings. The van der Waals surface area contributed by atoms with E-state index in [0.717, 1.165) is 81.7 Å². The number of hydrogen-bond donors (Lipinski definition) is 1. The van der Waals surface area contributed by atoms with Gasteiger partial charge in [-0.15, -0.1) is 0 Å². The maximum absolute atomic E-state index is 12.9. The number of unbranched alkanes of at least 4 members (excludes halogenated alkanes) is 3. The standard InChI is InChI=1S/C21H34F3NO/c1-5-8-11-16-17(12-9-6-2)25-18(13-10-7-3)20(16)19(26)14-15(4)21(22,23)24/h15,25H,5-14H2,1-4H3/t15-/m0/s1. The van der Waals surface area contributed by atoms with Gasteiger partial charge in [-0.1, -0.05) is 47.0 Å². The van der Waals surface area contributed by atoms with Gasteiger partial charge in [0.15, 0.2) is 5.78 Å². The molecule has 26 heavy (non-hydrogen) atoms. The van der Waals surface area contributed by atoms with Gasteiger partial charge in [0.25, 0.3) is 0 Å². The third-order valence-electron chi connectivity index (χ3n) is 4.94. The highest BCUT2D eigenvalue weighted by Crippen LogP contribution is 2.32. The van der Waals surface area contributed by atoms with Crippen LogP contribution in [0.2, 0.25) is 0 Å². The van der Waals surface area contributed by atoms with Crippen molar-refractivity contribution >= 4 is 5.78 Å². The van der Waals surface area contributed by atoms with Gasteiger partial charge in [-0.25, -0.2) is 0 Å². The van der Waals surface area contributed by atoms with Crippen molar-refractivity contribution in [3.8, 4) is 0 Å². The molecule has 0 fully saturated rings. The van der Waals surface area contributed by atoms with Gasteiger partial charge in [-0.2, -0.15) is 13.2 Å². The van der Waals surface area contributed by atoms with E-state index in [1.807, 2.05) is 0 Å². The molecule has 1 heterocycles. The predicted molar refractivity (Wildman–Crippen MR) is 101 cm³/mol. The van der Waals surface area contributed by atoms with E-state index in [1.54, 1.807) is 0 Å². The molecule has 0 spiro atoms. The second-order valence-electron chi connectivity index (χ2n) is 7.32. The minimum absolute atomic E-state index is 0.356. The van der Waals surface area contributed by atoms with Crippen LogP contribution in [0.15, 0.2) is 0 Å². The van der Waals surface area contributed by atoms with E-state index >= 15 is 0 Å². The molecule has 0 aliphatic carbocycles. The number of Topliss-reactive ketones (excluding diaryl/α,β-unsaturated/α-hetero) is 1. The van der Waals surface area contributed by atoms with E-state index < -0.39 is 18.5 Å². The Balaban J connectivity index is 3.23. The molecule has 0 aliphatic rings. The fourth-order valence-electron chi connectivity index (χ4n) is 3.22. The number of H-pyrrole nitrogens is 1. The lowest BCUT2D eigenvalue weighted by atomic mass is 9.92. The zero-order valence-corrected chi connectivity index (χ0v) is 16.7. The molecule has 0 saturated heterocycles. The second kappa shape index (κ2) is 10.8. The van der Waals surface area contributed by atoms with E-state index in [-0.39, 0.29) is 5.78 Å². The van der Waals surface area contributed by atoms with Crippen LogP contribution >= 0.6 is 0 Å². The summed E-state index contributed by atoms with van der Waals surface area (Å²) in [6.07, 6.45) is 3.46. The van der Waals surface area contributed by atoms with E-state index in [9.17, 15) is 18.0 Å². The van der Waals surface area contributed by atoms with Gasteiger partial charge in [-0.3, -0.25) is 4.79 Å². The maximum atomic E-state index is 12.9. The average molecular weight is 374 g/mol. The highest BCUT2D eigenvalue weighted by Gasteiger charge is 2.38. The minimum Gasteiger partial charge on any atom is -0.361 e. The molecule has 1 atom stereocenters. The van der Waals surface area contributed by atoms with Crippen molar-refractivity contribution in [1.82, 2.24) is 4.98 Å². The Morgan fingerprint density at radius 1 is 0.923 bits per heavy atom. The van der Waals surface area contributed by atoms with Gasteiger partial charge >= 0.3 is 6.18 Å². The monoisotopic (exact) mass is 373 g/mol. The zero-order valence-electron chi connectivity index (χ0n) is 16.7. The molecular formula is C21H34F3NO. The van der Waals surface area contributed by atoms with Crippen molar-refractivity contribution in [2.24, 2.45) is 5.92 Å². The van der Waals surface area contributed by atoms with Crippen molar-refractivity contribution in [2.75, 3.05) is 0 Å². The summed E-state index contributed by atoms with van der Waals surface area (Å²) in [4.78, 5) is 16.3. The molecule has 0 aromatic carbocycles. The number of hydrogen-bond acceptors (Lipinski definition) is 1. The van der Waals surface area contributed by atoms with Crippen LogP contribution in [0.3, 0.4) is 0 Å². The fourth-order valence-corrected chi connectivity index (χ4v) is 3.22. The third-order valence-corrected chi connectivity index (χ3v) is 4.94. The normalized spacial score (nSPS) is 13.2. The first-order valence-electron chi connectivity index (χ1n) is 10.1. The van der Waals surface area contributed by atoms with Crippen molar-refractivity contribution in [2.45, 2.75) is 98.1 Å². The highest BCUT2D eigenvalue weighted by molar-refractivity contribution is 5.99. The molecule has 0 unspecified atom stereocenters. The van der Waals surface area contributed by atoms with Crippen LogP contribution in [0.4, 0.5) is 13.2 Å². The Bertz CT molecular complexity index is 560. The molecule has 150 valence electrons. The van der Waals surface area contributed by atoms with Gasteiger partial charge in [0, 0.05) is 23.4 Å². The number of nitrogens with one attached hydrogen (secondary N) is 1. The summed E-state index contributed by atoms with van der Waals surface area (Å²) in [6.45, 7) is 7.37. The average Bonchev–Trinajstić information content (AvgIpc) is 2.92. The lowest BCUT2D eigenvalue weighted by molar-refractivity contribution is -0.168. The van der Waals surface area contributed by atoms with Gasteiger partial charge in [-0.05, 0) is 44.1 Å². The number of carbonyl (C=O) groups excluding carboxylic acids is 1. The summed E-state index contributed by atoms with van der Waals surface area (Å²) in [5, 5.41) is 0. The zero-order chi connectivity index (χ0) is 19.7. The summed E-state index contributed by atoms with van der Waals surface area (Å²) >= 11 is 0. The quantitative estimate of drug-likeness (QED) is 0.401. The van der Waals surface area contributed by atoms with Gasteiger partial charge in [0.2, 0.25) is 0 Å². The number of aromatic nitrogens is 1. The SMILES string of the molecule is CCCCc1[nH]c(CCCC)c(C(=O)C[C@H](C)C(F)(F)F)c1CCCC. The molecule has 0 saturated carbocycles. The summed E-state index contributed by atoms with van der Waals surface area (Å²) in [6, 6.07) is 0. The Kier molecular flexibility index (Phi) is 9.45. The molecule has 0 amide bonds.